The van der Waals surface area contributed by atoms with Gasteiger partial charge in [0.2, 0.25) is 0 Å². The Bertz CT molecular complexity index is 867. The number of imide groups is 1. The minimum Gasteiger partial charge on any atom is -0.480 e. The Hall–Kier alpha value is -3.15. The monoisotopic (exact) mass is 394 g/mol. The Kier molecular flexibility index (Phi) is 6.32. The number of carbonyl (C=O) groups excluding carboxylic acids is 2. The molecule has 1 saturated heterocycles. The van der Waals surface area contributed by atoms with E-state index < -0.39 is 30.0 Å². The highest BCUT2D eigenvalue weighted by molar-refractivity contribution is 6.06. The first-order chi connectivity index (χ1) is 13.9. The number of carboxylic acids is 1. The molecule has 0 saturated carbocycles. The lowest BCUT2D eigenvalue weighted by Crippen LogP contribution is -2.47. The van der Waals surface area contributed by atoms with Crippen LogP contribution in [0.15, 0.2) is 60.7 Å². The summed E-state index contributed by atoms with van der Waals surface area (Å²) in [6.07, 6.45) is 0.576. The van der Waals surface area contributed by atoms with Crippen molar-refractivity contribution in [2.45, 2.75) is 45.3 Å². The molecule has 0 aromatic heterocycles. The first kappa shape index (κ1) is 20.6. The number of hydrogen-bond donors (Lipinski definition) is 1. The number of amides is 3. The molecule has 3 rings (SSSR count). The predicted molar refractivity (Wildman–Crippen MR) is 109 cm³/mol. The molecule has 29 heavy (non-hydrogen) atoms. The van der Waals surface area contributed by atoms with Crippen molar-refractivity contribution in [3.8, 4) is 0 Å². The van der Waals surface area contributed by atoms with Gasteiger partial charge >= 0.3 is 12.0 Å². The molecular weight excluding hydrogens is 368 g/mol. The molecule has 1 heterocycles. The van der Waals surface area contributed by atoms with E-state index in [9.17, 15) is 19.5 Å². The van der Waals surface area contributed by atoms with Crippen LogP contribution in [0, 0.1) is 5.92 Å². The highest BCUT2D eigenvalue weighted by atomic mass is 16.4. The maximum atomic E-state index is 13.2. The van der Waals surface area contributed by atoms with Crippen LogP contribution in [0.3, 0.4) is 0 Å². The molecule has 0 spiro atoms. The van der Waals surface area contributed by atoms with Crippen molar-refractivity contribution in [1.82, 2.24) is 9.80 Å². The van der Waals surface area contributed by atoms with Crippen molar-refractivity contribution in [2.75, 3.05) is 0 Å². The van der Waals surface area contributed by atoms with E-state index >= 15 is 0 Å². The lowest BCUT2D eigenvalue weighted by atomic mass is 10.0. The number of hydrogen-bond acceptors (Lipinski definition) is 3. The van der Waals surface area contributed by atoms with E-state index in [0.29, 0.717) is 6.42 Å². The summed E-state index contributed by atoms with van der Waals surface area (Å²) in [5, 5.41) is 9.81. The number of urea groups is 1. The van der Waals surface area contributed by atoms with Crippen LogP contribution in [-0.2, 0) is 22.6 Å². The molecule has 0 radical (unpaired) electrons. The molecule has 1 aliphatic rings. The highest BCUT2D eigenvalue weighted by Gasteiger charge is 2.49. The first-order valence-electron chi connectivity index (χ1n) is 9.82. The normalized spacial score (nSPS) is 17.8. The Morgan fingerprint density at radius 3 is 2.03 bits per heavy atom. The Morgan fingerprint density at radius 2 is 1.52 bits per heavy atom. The fraction of sp³-hybridized carbons (Fsp3) is 0.348. The molecule has 0 aliphatic carbocycles. The number of benzene rings is 2. The fourth-order valence-corrected chi connectivity index (χ4v) is 3.71. The molecule has 2 unspecified atom stereocenters. The molecule has 1 aliphatic heterocycles. The largest absolute Gasteiger partial charge is 0.480 e. The second-order valence-corrected chi connectivity index (χ2v) is 7.79. The second-order valence-electron chi connectivity index (χ2n) is 7.79. The van der Waals surface area contributed by atoms with Gasteiger partial charge in [-0.15, -0.1) is 0 Å². The maximum Gasteiger partial charge on any atom is 0.328 e. The zero-order valence-electron chi connectivity index (χ0n) is 16.7. The van der Waals surface area contributed by atoms with Gasteiger partial charge in [0, 0.05) is 13.0 Å². The van der Waals surface area contributed by atoms with E-state index in [4.69, 9.17) is 0 Å². The van der Waals surface area contributed by atoms with Crippen LogP contribution >= 0.6 is 0 Å². The maximum absolute atomic E-state index is 13.2. The number of aliphatic carboxylic acids is 1. The molecule has 6 nitrogen and oxygen atoms in total. The molecule has 2 aromatic rings. The third-order valence-corrected chi connectivity index (χ3v) is 5.11. The third kappa shape index (κ3) is 4.65. The quantitative estimate of drug-likeness (QED) is 0.695. The lowest BCUT2D eigenvalue weighted by Gasteiger charge is -2.24. The van der Waals surface area contributed by atoms with E-state index in [2.05, 4.69) is 0 Å². The van der Waals surface area contributed by atoms with Crippen molar-refractivity contribution in [3.63, 3.8) is 0 Å². The molecule has 3 amide bonds. The standard InChI is InChI=1S/C23H26N2O4/c1-16(2)13-19-21(26)25(20(22(27)28)14-17-9-5-3-6-10-17)23(29)24(19)15-18-11-7-4-8-12-18/h3-12,16,19-20H,13-15H2,1-2H3,(H,27,28). The Morgan fingerprint density at radius 1 is 0.966 bits per heavy atom. The van der Waals surface area contributed by atoms with Crippen molar-refractivity contribution in [2.24, 2.45) is 5.92 Å². The SMILES string of the molecule is CC(C)CC1C(=O)N(C(Cc2ccccc2)C(=O)O)C(=O)N1Cc1ccccc1. The number of rotatable bonds is 8. The molecule has 6 heteroatoms. The summed E-state index contributed by atoms with van der Waals surface area (Å²) in [5.74, 6) is -1.42. The average molecular weight is 394 g/mol. The van der Waals surface area contributed by atoms with Gasteiger partial charge < -0.3 is 10.0 Å². The van der Waals surface area contributed by atoms with E-state index in [1.165, 1.54) is 4.90 Å². The molecule has 1 N–H and O–H groups in total. The first-order valence-corrected chi connectivity index (χ1v) is 9.82. The van der Waals surface area contributed by atoms with Crippen LogP contribution in [-0.4, -0.2) is 44.9 Å². The molecule has 1 fully saturated rings. The second kappa shape index (κ2) is 8.90. The number of carboxylic acid groups (broad SMARTS) is 1. The van der Waals surface area contributed by atoms with Crippen LogP contribution in [0.5, 0.6) is 0 Å². The third-order valence-electron chi connectivity index (χ3n) is 5.11. The van der Waals surface area contributed by atoms with E-state index in [1.807, 2.05) is 62.4 Å². The van der Waals surface area contributed by atoms with Crippen molar-refractivity contribution in [1.29, 1.82) is 0 Å². The Balaban J connectivity index is 1.91. The van der Waals surface area contributed by atoms with Gasteiger partial charge in [-0.25, -0.2) is 14.5 Å². The highest BCUT2D eigenvalue weighted by Crippen LogP contribution is 2.28. The summed E-state index contributed by atoms with van der Waals surface area (Å²) in [6.45, 7) is 4.25. The van der Waals surface area contributed by atoms with E-state index in [0.717, 1.165) is 16.0 Å². The lowest BCUT2D eigenvalue weighted by molar-refractivity contribution is -0.146. The van der Waals surface area contributed by atoms with Crippen LogP contribution in [0.4, 0.5) is 4.79 Å². The zero-order valence-corrected chi connectivity index (χ0v) is 16.7. The molecule has 2 aromatic carbocycles. The number of nitrogens with zero attached hydrogens (tertiary/aromatic N) is 2. The molecule has 152 valence electrons. The van der Waals surface area contributed by atoms with Crippen molar-refractivity contribution < 1.29 is 19.5 Å². The number of carbonyl (C=O) groups is 3. The summed E-state index contributed by atoms with van der Waals surface area (Å²) in [7, 11) is 0. The van der Waals surface area contributed by atoms with Crippen LogP contribution in [0.2, 0.25) is 0 Å². The van der Waals surface area contributed by atoms with Crippen LogP contribution in [0.25, 0.3) is 0 Å². The predicted octanol–water partition coefficient (Wildman–Crippen LogP) is 3.56. The van der Waals surface area contributed by atoms with Gasteiger partial charge in [0.25, 0.3) is 5.91 Å². The van der Waals surface area contributed by atoms with Gasteiger partial charge in [-0.1, -0.05) is 74.5 Å². The smallest absolute Gasteiger partial charge is 0.328 e. The van der Waals surface area contributed by atoms with Crippen LogP contribution < -0.4 is 0 Å². The van der Waals surface area contributed by atoms with Gasteiger partial charge in [0.1, 0.15) is 12.1 Å². The summed E-state index contributed by atoms with van der Waals surface area (Å²) >= 11 is 0. The minimum absolute atomic E-state index is 0.0846. The van der Waals surface area contributed by atoms with E-state index in [-0.39, 0.29) is 18.9 Å². The molecule has 2 atom stereocenters. The van der Waals surface area contributed by atoms with Crippen molar-refractivity contribution >= 4 is 17.9 Å². The van der Waals surface area contributed by atoms with E-state index in [1.54, 1.807) is 12.1 Å². The molecular formula is C23H26N2O4. The summed E-state index contributed by atoms with van der Waals surface area (Å²) in [6, 6.07) is 16.1. The summed E-state index contributed by atoms with van der Waals surface area (Å²) in [5.41, 5.74) is 1.67. The van der Waals surface area contributed by atoms with Gasteiger partial charge in [0.05, 0.1) is 0 Å². The van der Waals surface area contributed by atoms with Gasteiger partial charge in [0.15, 0.2) is 0 Å². The van der Waals surface area contributed by atoms with Crippen molar-refractivity contribution in [3.05, 3.63) is 71.8 Å². The molecule has 0 bridgehead atoms. The average Bonchev–Trinajstić information content (AvgIpc) is 2.91. The summed E-state index contributed by atoms with van der Waals surface area (Å²) < 4.78 is 0. The van der Waals surface area contributed by atoms with Gasteiger partial charge in [-0.05, 0) is 23.5 Å². The fourth-order valence-electron chi connectivity index (χ4n) is 3.71. The van der Waals surface area contributed by atoms with Gasteiger partial charge in [-0.2, -0.15) is 0 Å². The Labute approximate surface area is 170 Å². The van der Waals surface area contributed by atoms with Gasteiger partial charge in [-0.3, -0.25) is 4.79 Å². The zero-order chi connectivity index (χ0) is 21.0. The minimum atomic E-state index is -1.23. The topological polar surface area (TPSA) is 77.9 Å². The van der Waals surface area contributed by atoms with Crippen LogP contribution in [0.1, 0.15) is 31.4 Å². The summed E-state index contributed by atoms with van der Waals surface area (Å²) in [4.78, 5) is 40.9.